The van der Waals surface area contributed by atoms with E-state index in [4.69, 9.17) is 0 Å². The zero-order valence-electron chi connectivity index (χ0n) is 12.8. The van der Waals surface area contributed by atoms with Crippen LogP contribution in [0.1, 0.15) is 15.9 Å². The van der Waals surface area contributed by atoms with Crippen molar-refractivity contribution in [1.29, 1.82) is 0 Å². The number of aromatic carboxylic acids is 1. The smallest absolute Gasteiger partial charge is 0.337 e. The SMILES string of the molecule is Cc1ccccc1N(c1ccccc1)c1ccccc1C(=O)O. The first-order chi connectivity index (χ1) is 11.2. The number of benzene rings is 3. The van der Waals surface area contributed by atoms with Crippen LogP contribution in [0.25, 0.3) is 0 Å². The molecule has 0 aromatic heterocycles. The van der Waals surface area contributed by atoms with Gasteiger partial charge in [-0.05, 0) is 42.8 Å². The third-order valence-corrected chi connectivity index (χ3v) is 3.75. The van der Waals surface area contributed by atoms with Crippen LogP contribution in [-0.2, 0) is 0 Å². The normalized spacial score (nSPS) is 10.3. The lowest BCUT2D eigenvalue weighted by Gasteiger charge is -2.28. The van der Waals surface area contributed by atoms with Crippen molar-refractivity contribution in [2.45, 2.75) is 6.92 Å². The molecule has 0 atom stereocenters. The predicted molar refractivity (Wildman–Crippen MR) is 92.8 cm³/mol. The minimum absolute atomic E-state index is 0.277. The van der Waals surface area contributed by atoms with Gasteiger partial charge in [-0.25, -0.2) is 4.79 Å². The minimum atomic E-state index is -0.935. The van der Waals surface area contributed by atoms with E-state index in [9.17, 15) is 9.90 Å². The van der Waals surface area contributed by atoms with E-state index in [1.807, 2.05) is 78.6 Å². The maximum absolute atomic E-state index is 11.6. The Morgan fingerprint density at radius 2 is 1.35 bits per heavy atom. The molecule has 0 heterocycles. The molecule has 0 amide bonds. The van der Waals surface area contributed by atoms with Crippen LogP contribution >= 0.6 is 0 Å². The zero-order chi connectivity index (χ0) is 16.2. The molecule has 3 aromatic rings. The summed E-state index contributed by atoms with van der Waals surface area (Å²) >= 11 is 0. The molecule has 0 unspecified atom stereocenters. The fraction of sp³-hybridized carbons (Fsp3) is 0.0500. The van der Waals surface area contributed by atoms with Crippen molar-refractivity contribution in [3.63, 3.8) is 0 Å². The first kappa shape index (κ1) is 14.9. The van der Waals surface area contributed by atoms with Crippen LogP contribution in [0.3, 0.4) is 0 Å². The quantitative estimate of drug-likeness (QED) is 0.723. The van der Waals surface area contributed by atoms with Gasteiger partial charge in [0.05, 0.1) is 11.3 Å². The minimum Gasteiger partial charge on any atom is -0.478 e. The number of carboxylic acid groups (broad SMARTS) is 1. The molecule has 0 fully saturated rings. The molecule has 0 saturated carbocycles. The highest BCUT2D eigenvalue weighted by Crippen LogP contribution is 2.37. The number of hydrogen-bond donors (Lipinski definition) is 1. The van der Waals surface area contributed by atoms with E-state index in [1.54, 1.807) is 12.1 Å². The Kier molecular flexibility index (Phi) is 4.11. The molecule has 1 N–H and O–H groups in total. The Morgan fingerprint density at radius 1 is 0.783 bits per heavy atom. The average Bonchev–Trinajstić information content (AvgIpc) is 2.58. The number of hydrogen-bond acceptors (Lipinski definition) is 2. The lowest BCUT2D eigenvalue weighted by Crippen LogP contribution is -2.15. The number of carbonyl (C=O) groups is 1. The summed E-state index contributed by atoms with van der Waals surface area (Å²) in [4.78, 5) is 13.6. The number of nitrogens with zero attached hydrogens (tertiary/aromatic N) is 1. The van der Waals surface area contributed by atoms with Crippen LogP contribution in [0, 0.1) is 6.92 Å². The summed E-state index contributed by atoms with van der Waals surface area (Å²) in [6.07, 6.45) is 0. The van der Waals surface area contributed by atoms with Gasteiger partial charge in [-0.15, -0.1) is 0 Å². The average molecular weight is 303 g/mol. The van der Waals surface area contributed by atoms with Gasteiger partial charge >= 0.3 is 5.97 Å². The molecule has 0 aliphatic heterocycles. The van der Waals surface area contributed by atoms with Gasteiger partial charge in [-0.1, -0.05) is 48.5 Å². The van der Waals surface area contributed by atoms with Gasteiger partial charge in [0.25, 0.3) is 0 Å². The van der Waals surface area contributed by atoms with Crippen LogP contribution in [0.5, 0.6) is 0 Å². The largest absolute Gasteiger partial charge is 0.478 e. The standard InChI is InChI=1S/C20H17NO2/c1-15-9-5-7-13-18(15)21(16-10-3-2-4-11-16)19-14-8-6-12-17(19)20(22)23/h2-14H,1H3,(H,22,23). The van der Waals surface area contributed by atoms with Crippen LogP contribution in [0.2, 0.25) is 0 Å². The molecule has 0 aliphatic rings. The Morgan fingerprint density at radius 3 is 2.00 bits per heavy atom. The Hall–Kier alpha value is -3.07. The maximum Gasteiger partial charge on any atom is 0.337 e. The van der Waals surface area contributed by atoms with Crippen LogP contribution < -0.4 is 4.90 Å². The number of para-hydroxylation sites is 3. The predicted octanol–water partition coefficient (Wildman–Crippen LogP) is 5.16. The second kappa shape index (κ2) is 6.36. The topological polar surface area (TPSA) is 40.5 Å². The fourth-order valence-corrected chi connectivity index (χ4v) is 2.65. The third kappa shape index (κ3) is 2.94. The van der Waals surface area contributed by atoms with Crippen molar-refractivity contribution in [1.82, 2.24) is 0 Å². The molecule has 3 aromatic carbocycles. The van der Waals surface area contributed by atoms with Crippen molar-refractivity contribution in [2.24, 2.45) is 0 Å². The molecule has 0 bridgehead atoms. The lowest BCUT2D eigenvalue weighted by molar-refractivity contribution is 0.0698. The molecule has 0 saturated heterocycles. The van der Waals surface area contributed by atoms with Gasteiger partial charge in [0.1, 0.15) is 0 Å². The first-order valence-corrected chi connectivity index (χ1v) is 7.41. The molecule has 23 heavy (non-hydrogen) atoms. The summed E-state index contributed by atoms with van der Waals surface area (Å²) in [7, 11) is 0. The van der Waals surface area contributed by atoms with Crippen LogP contribution in [0.15, 0.2) is 78.9 Å². The zero-order valence-corrected chi connectivity index (χ0v) is 12.8. The van der Waals surface area contributed by atoms with Crippen molar-refractivity contribution in [3.05, 3.63) is 90.0 Å². The first-order valence-electron chi connectivity index (χ1n) is 7.41. The van der Waals surface area contributed by atoms with Gasteiger partial charge in [0, 0.05) is 11.4 Å². The second-order valence-corrected chi connectivity index (χ2v) is 5.28. The van der Waals surface area contributed by atoms with E-state index in [1.165, 1.54) is 0 Å². The molecule has 3 rings (SSSR count). The van der Waals surface area contributed by atoms with Crippen molar-refractivity contribution in [2.75, 3.05) is 4.90 Å². The number of aryl methyl sites for hydroxylation is 1. The third-order valence-electron chi connectivity index (χ3n) is 3.75. The van der Waals surface area contributed by atoms with E-state index < -0.39 is 5.97 Å². The summed E-state index contributed by atoms with van der Waals surface area (Å²) in [5.74, 6) is -0.935. The van der Waals surface area contributed by atoms with Crippen LogP contribution in [-0.4, -0.2) is 11.1 Å². The van der Waals surface area contributed by atoms with Crippen molar-refractivity contribution in [3.8, 4) is 0 Å². The summed E-state index contributed by atoms with van der Waals surface area (Å²) in [6.45, 7) is 2.02. The number of anilines is 3. The highest BCUT2D eigenvalue weighted by atomic mass is 16.4. The van der Waals surface area contributed by atoms with Gasteiger partial charge in [-0.3, -0.25) is 0 Å². The number of carboxylic acids is 1. The Labute approximate surface area is 135 Å². The van der Waals surface area contributed by atoms with E-state index in [0.29, 0.717) is 5.69 Å². The molecule has 3 heteroatoms. The van der Waals surface area contributed by atoms with E-state index in [0.717, 1.165) is 16.9 Å². The summed E-state index contributed by atoms with van der Waals surface area (Å²) in [5, 5.41) is 9.55. The Balaban J connectivity index is 2.26. The Bertz CT molecular complexity index is 828. The molecule has 0 aliphatic carbocycles. The van der Waals surface area contributed by atoms with Gasteiger partial charge in [0.2, 0.25) is 0 Å². The highest BCUT2D eigenvalue weighted by Gasteiger charge is 2.19. The van der Waals surface area contributed by atoms with Crippen LogP contribution in [0.4, 0.5) is 17.1 Å². The van der Waals surface area contributed by atoms with Gasteiger partial charge in [-0.2, -0.15) is 0 Å². The van der Waals surface area contributed by atoms with E-state index >= 15 is 0 Å². The van der Waals surface area contributed by atoms with E-state index in [2.05, 4.69) is 0 Å². The molecule has 3 nitrogen and oxygen atoms in total. The maximum atomic E-state index is 11.6. The molecular weight excluding hydrogens is 286 g/mol. The van der Waals surface area contributed by atoms with Gasteiger partial charge in [0.15, 0.2) is 0 Å². The lowest BCUT2D eigenvalue weighted by atomic mass is 10.1. The summed E-state index contributed by atoms with van der Waals surface area (Å²) in [5.41, 5.74) is 3.90. The molecular formula is C20H17NO2. The molecule has 0 radical (unpaired) electrons. The summed E-state index contributed by atoms with van der Waals surface area (Å²) < 4.78 is 0. The fourth-order valence-electron chi connectivity index (χ4n) is 2.65. The summed E-state index contributed by atoms with van der Waals surface area (Å²) in [6, 6.07) is 24.8. The molecule has 114 valence electrons. The number of rotatable bonds is 4. The monoisotopic (exact) mass is 303 g/mol. The van der Waals surface area contributed by atoms with Gasteiger partial charge < -0.3 is 10.0 Å². The van der Waals surface area contributed by atoms with E-state index in [-0.39, 0.29) is 5.56 Å². The van der Waals surface area contributed by atoms with Crippen molar-refractivity contribution < 1.29 is 9.90 Å². The second-order valence-electron chi connectivity index (χ2n) is 5.28. The molecule has 0 spiro atoms. The van der Waals surface area contributed by atoms with Crippen molar-refractivity contribution >= 4 is 23.0 Å². The highest BCUT2D eigenvalue weighted by molar-refractivity contribution is 5.97.